The molecule has 1 heterocycles. The highest BCUT2D eigenvalue weighted by Gasteiger charge is 2.17. The van der Waals surface area contributed by atoms with Crippen LogP contribution in [-0.4, -0.2) is 24.9 Å². The fourth-order valence-corrected chi connectivity index (χ4v) is 1.42. The van der Waals surface area contributed by atoms with E-state index in [-0.39, 0.29) is 6.23 Å². The molecular weight excluding hydrogens is 152 g/mol. The molecule has 3 nitrogen and oxygen atoms in total. The lowest BCUT2D eigenvalue weighted by atomic mass is 10.2. The topological polar surface area (TPSA) is 24.5 Å². The Labute approximate surface area is 74.4 Å². The molecule has 1 saturated heterocycles. The standard InChI is InChI=1S/C9H18N2O/c1-3-7-11(10-2)9-6-4-5-8-12-9/h3,7,9-10H,4-6,8H2,1-2H3/b7-3-. The first kappa shape index (κ1) is 9.55. The summed E-state index contributed by atoms with van der Waals surface area (Å²) in [6.45, 7) is 2.90. The minimum absolute atomic E-state index is 0.222. The summed E-state index contributed by atoms with van der Waals surface area (Å²) in [5.74, 6) is 0. The number of ether oxygens (including phenoxy) is 1. The SMILES string of the molecule is C/C=C\N(NC)C1CCCCO1. The van der Waals surface area contributed by atoms with Crippen molar-refractivity contribution in [2.75, 3.05) is 13.7 Å². The molecule has 1 aliphatic heterocycles. The predicted octanol–water partition coefficient (Wildman–Crippen LogP) is 1.48. The van der Waals surface area contributed by atoms with Crippen LogP contribution in [-0.2, 0) is 4.74 Å². The molecule has 0 aliphatic carbocycles. The number of rotatable bonds is 3. The highest BCUT2D eigenvalue weighted by molar-refractivity contribution is 4.78. The van der Waals surface area contributed by atoms with Crippen molar-refractivity contribution in [3.05, 3.63) is 12.3 Å². The lowest BCUT2D eigenvalue weighted by Crippen LogP contribution is -2.42. The molecule has 1 N–H and O–H groups in total. The van der Waals surface area contributed by atoms with Gasteiger partial charge in [-0.3, -0.25) is 5.01 Å². The van der Waals surface area contributed by atoms with E-state index in [1.165, 1.54) is 12.8 Å². The molecular formula is C9H18N2O. The van der Waals surface area contributed by atoms with E-state index in [2.05, 4.69) is 5.43 Å². The zero-order valence-electron chi connectivity index (χ0n) is 7.92. The van der Waals surface area contributed by atoms with E-state index in [0.29, 0.717) is 0 Å². The van der Waals surface area contributed by atoms with Gasteiger partial charge in [0.1, 0.15) is 6.23 Å². The van der Waals surface area contributed by atoms with Gasteiger partial charge in [0.15, 0.2) is 0 Å². The second kappa shape index (κ2) is 5.17. The van der Waals surface area contributed by atoms with Gasteiger partial charge in [-0.15, -0.1) is 0 Å². The Bertz CT molecular complexity index is 141. The molecule has 70 valence electrons. The summed E-state index contributed by atoms with van der Waals surface area (Å²) in [6.07, 6.45) is 7.82. The maximum Gasteiger partial charge on any atom is 0.143 e. The van der Waals surface area contributed by atoms with Crippen LogP contribution >= 0.6 is 0 Å². The normalized spacial score (nSPS) is 24.7. The second-order valence-corrected chi connectivity index (χ2v) is 2.93. The van der Waals surface area contributed by atoms with Gasteiger partial charge in [0.05, 0.1) is 0 Å². The second-order valence-electron chi connectivity index (χ2n) is 2.93. The third kappa shape index (κ3) is 2.50. The van der Waals surface area contributed by atoms with E-state index in [9.17, 15) is 0 Å². The molecule has 0 radical (unpaired) electrons. The molecule has 0 bridgehead atoms. The van der Waals surface area contributed by atoms with Gasteiger partial charge < -0.3 is 4.74 Å². The van der Waals surface area contributed by atoms with Crippen LogP contribution < -0.4 is 5.43 Å². The molecule has 1 fully saturated rings. The average molecular weight is 170 g/mol. The summed E-state index contributed by atoms with van der Waals surface area (Å²) in [5, 5.41) is 2.01. The lowest BCUT2D eigenvalue weighted by molar-refractivity contribution is -0.0817. The first-order valence-electron chi connectivity index (χ1n) is 4.58. The van der Waals surface area contributed by atoms with E-state index in [4.69, 9.17) is 4.74 Å². The van der Waals surface area contributed by atoms with Gasteiger partial charge in [0, 0.05) is 19.9 Å². The molecule has 0 aromatic heterocycles. The minimum Gasteiger partial charge on any atom is -0.357 e. The Morgan fingerprint density at radius 2 is 2.33 bits per heavy atom. The monoisotopic (exact) mass is 170 g/mol. The molecule has 1 rings (SSSR count). The summed E-state index contributed by atoms with van der Waals surface area (Å²) in [5.41, 5.74) is 3.09. The smallest absolute Gasteiger partial charge is 0.143 e. The Balaban J connectivity index is 2.40. The molecule has 3 heteroatoms. The summed E-state index contributed by atoms with van der Waals surface area (Å²) >= 11 is 0. The number of hydrazine groups is 1. The Hall–Kier alpha value is -0.540. The fraction of sp³-hybridized carbons (Fsp3) is 0.778. The van der Waals surface area contributed by atoms with E-state index >= 15 is 0 Å². The fourth-order valence-electron chi connectivity index (χ4n) is 1.42. The van der Waals surface area contributed by atoms with Crippen molar-refractivity contribution in [3.63, 3.8) is 0 Å². The molecule has 0 saturated carbocycles. The first-order valence-corrected chi connectivity index (χ1v) is 4.58. The van der Waals surface area contributed by atoms with Crippen LogP contribution in [0, 0.1) is 0 Å². The van der Waals surface area contributed by atoms with Crippen molar-refractivity contribution >= 4 is 0 Å². The van der Waals surface area contributed by atoms with Crippen LogP contribution in [0.2, 0.25) is 0 Å². The molecule has 1 aliphatic rings. The van der Waals surface area contributed by atoms with Gasteiger partial charge in [0.25, 0.3) is 0 Å². The summed E-state index contributed by atoms with van der Waals surface area (Å²) in [4.78, 5) is 0. The minimum atomic E-state index is 0.222. The maximum absolute atomic E-state index is 5.60. The van der Waals surface area contributed by atoms with Crippen LogP contribution in [0.5, 0.6) is 0 Å². The third-order valence-electron chi connectivity index (χ3n) is 2.03. The van der Waals surface area contributed by atoms with Crippen LogP contribution in [0.1, 0.15) is 26.2 Å². The van der Waals surface area contributed by atoms with Crippen molar-refractivity contribution in [3.8, 4) is 0 Å². The zero-order chi connectivity index (χ0) is 8.81. The summed E-state index contributed by atoms with van der Waals surface area (Å²) in [6, 6.07) is 0. The van der Waals surface area contributed by atoms with Crippen molar-refractivity contribution in [1.29, 1.82) is 0 Å². The number of hydrogen-bond acceptors (Lipinski definition) is 3. The van der Waals surface area contributed by atoms with E-state index in [0.717, 1.165) is 13.0 Å². The van der Waals surface area contributed by atoms with Crippen LogP contribution in [0.4, 0.5) is 0 Å². The molecule has 12 heavy (non-hydrogen) atoms. The highest BCUT2D eigenvalue weighted by Crippen LogP contribution is 2.14. The Morgan fingerprint density at radius 3 is 2.83 bits per heavy atom. The van der Waals surface area contributed by atoms with Gasteiger partial charge >= 0.3 is 0 Å². The molecule has 0 amide bonds. The first-order chi connectivity index (χ1) is 5.88. The van der Waals surface area contributed by atoms with Crippen LogP contribution in [0.15, 0.2) is 12.3 Å². The molecule has 0 aromatic carbocycles. The molecule has 0 aromatic rings. The number of allylic oxidation sites excluding steroid dienone is 1. The van der Waals surface area contributed by atoms with E-state index in [1.807, 2.05) is 31.3 Å². The van der Waals surface area contributed by atoms with Crippen LogP contribution in [0.25, 0.3) is 0 Å². The Morgan fingerprint density at radius 1 is 1.50 bits per heavy atom. The third-order valence-corrected chi connectivity index (χ3v) is 2.03. The number of nitrogens with zero attached hydrogens (tertiary/aromatic N) is 1. The molecule has 1 unspecified atom stereocenters. The maximum atomic E-state index is 5.60. The quantitative estimate of drug-likeness (QED) is 0.649. The van der Waals surface area contributed by atoms with Crippen molar-refractivity contribution in [2.24, 2.45) is 0 Å². The summed E-state index contributed by atoms with van der Waals surface area (Å²) in [7, 11) is 1.91. The highest BCUT2D eigenvalue weighted by atomic mass is 16.5. The van der Waals surface area contributed by atoms with Gasteiger partial charge in [-0.1, -0.05) is 6.08 Å². The van der Waals surface area contributed by atoms with Crippen LogP contribution in [0.3, 0.4) is 0 Å². The van der Waals surface area contributed by atoms with Crippen molar-refractivity contribution in [2.45, 2.75) is 32.4 Å². The largest absolute Gasteiger partial charge is 0.357 e. The number of hydrogen-bond donors (Lipinski definition) is 1. The van der Waals surface area contributed by atoms with E-state index < -0.39 is 0 Å². The number of nitrogens with one attached hydrogen (secondary N) is 1. The lowest BCUT2D eigenvalue weighted by Gasteiger charge is -2.32. The van der Waals surface area contributed by atoms with Crippen molar-refractivity contribution in [1.82, 2.24) is 10.4 Å². The van der Waals surface area contributed by atoms with Gasteiger partial charge in [-0.05, 0) is 26.2 Å². The van der Waals surface area contributed by atoms with Crippen molar-refractivity contribution < 1.29 is 4.74 Å². The van der Waals surface area contributed by atoms with Gasteiger partial charge in [-0.2, -0.15) is 0 Å². The molecule has 1 atom stereocenters. The zero-order valence-corrected chi connectivity index (χ0v) is 7.92. The average Bonchev–Trinajstić information content (AvgIpc) is 2.15. The Kier molecular flexibility index (Phi) is 4.11. The van der Waals surface area contributed by atoms with E-state index in [1.54, 1.807) is 0 Å². The predicted molar refractivity (Wildman–Crippen MR) is 49.3 cm³/mol. The van der Waals surface area contributed by atoms with Gasteiger partial charge in [0.2, 0.25) is 0 Å². The molecule has 0 spiro atoms. The van der Waals surface area contributed by atoms with Gasteiger partial charge in [-0.25, -0.2) is 5.43 Å². The summed E-state index contributed by atoms with van der Waals surface area (Å²) < 4.78 is 5.60.